The van der Waals surface area contributed by atoms with E-state index in [0.717, 1.165) is 113 Å². The molecule has 8 N–H and O–H groups in total. The van der Waals surface area contributed by atoms with Gasteiger partial charge in [-0.25, -0.2) is 15.0 Å². The van der Waals surface area contributed by atoms with Gasteiger partial charge in [0.25, 0.3) is 17.7 Å². The molecule has 2 unspecified atom stereocenters. The molecule has 3 fully saturated rings. The summed E-state index contributed by atoms with van der Waals surface area (Å²) in [7, 11) is 3.68. The van der Waals surface area contributed by atoms with E-state index in [4.69, 9.17) is 65.7 Å². The lowest BCUT2D eigenvalue weighted by Crippen LogP contribution is -2.55. The molecule has 6 aromatic carbocycles. The Labute approximate surface area is 557 Å². The van der Waals surface area contributed by atoms with E-state index in [2.05, 4.69) is 109 Å². The number of fused-ring (bicyclic) bond motifs is 6. The molecule has 3 saturated heterocycles. The second-order valence-corrected chi connectivity index (χ2v) is 27.6. The molecule has 6 spiro atoms. The summed E-state index contributed by atoms with van der Waals surface area (Å²) in [6.45, 7) is 15.9. The van der Waals surface area contributed by atoms with Crippen molar-refractivity contribution < 1.29 is 52.9 Å². The highest BCUT2D eigenvalue weighted by Crippen LogP contribution is 2.55. The molecule has 0 radical (unpaired) electrons. The molecule has 492 valence electrons. The second-order valence-electron chi connectivity index (χ2n) is 26.7. The fraction of sp³-hybridized carbons (Fsp3) is 0.417. The van der Waals surface area contributed by atoms with Crippen LogP contribution in [0.4, 0.5) is 0 Å². The van der Waals surface area contributed by atoms with Crippen molar-refractivity contribution in [3.8, 4) is 39.5 Å². The summed E-state index contributed by atoms with van der Waals surface area (Å²) in [6, 6.07) is 35.8. The number of carbonyl (C=O) groups excluding carboxylic acids is 3. The molecule has 20 nitrogen and oxygen atoms in total. The van der Waals surface area contributed by atoms with E-state index >= 15 is 0 Å². The predicted octanol–water partition coefficient (Wildman–Crippen LogP) is 8.31. The number of nitrogens with zero attached hydrogens (tertiary/aromatic N) is 6. The van der Waals surface area contributed by atoms with Crippen LogP contribution in [-0.2, 0) is 45.2 Å². The third-order valence-electron chi connectivity index (χ3n) is 20.4. The van der Waals surface area contributed by atoms with E-state index in [1.54, 1.807) is 33.3 Å². The first-order valence-electron chi connectivity index (χ1n) is 32.1. The lowest BCUT2D eigenvalue weighted by Gasteiger charge is -2.46. The molecule has 0 aliphatic carbocycles. The molecule has 6 aromatic rings. The molecule has 9 aliphatic heterocycles. The molecular formula is C72H83BBrN9O11. The zero-order valence-corrected chi connectivity index (χ0v) is 56.5. The van der Waals surface area contributed by atoms with Crippen molar-refractivity contribution in [2.24, 2.45) is 32.2 Å². The van der Waals surface area contributed by atoms with Gasteiger partial charge >= 0.3 is 7.12 Å². The van der Waals surface area contributed by atoms with Gasteiger partial charge in [-0.3, -0.25) is 29.1 Å². The van der Waals surface area contributed by atoms with Crippen molar-refractivity contribution >= 4 is 64.1 Å². The Morgan fingerprint density at radius 1 is 0.468 bits per heavy atom. The lowest BCUT2D eigenvalue weighted by atomic mass is 9.73. The number of rotatable bonds is 3. The Hall–Kier alpha value is -8.12. The number of halogens is 1. The van der Waals surface area contributed by atoms with Gasteiger partial charge in [-0.05, 0) is 184 Å². The van der Waals surface area contributed by atoms with E-state index in [0.29, 0.717) is 61.8 Å². The van der Waals surface area contributed by atoms with Gasteiger partial charge in [-0.2, -0.15) is 0 Å². The van der Waals surface area contributed by atoms with Crippen molar-refractivity contribution in [1.82, 2.24) is 14.7 Å². The summed E-state index contributed by atoms with van der Waals surface area (Å²) in [5.41, 5.74) is 27.8. The minimum absolute atomic E-state index is 0.104. The number of benzene rings is 6. The number of aliphatic imine (C=N–C) groups is 3. The second kappa shape index (κ2) is 25.2. The molecule has 3 amide bonds. The third-order valence-corrected chi connectivity index (χ3v) is 20.9. The maximum absolute atomic E-state index is 13.5. The van der Waals surface area contributed by atoms with Gasteiger partial charge in [0.2, 0.25) is 0 Å². The molecule has 0 saturated carbocycles. The number of aryl methyl sites for hydroxylation is 4. The standard InChI is InChI=1S/2C24H27N3O3.C16H18BrN3O3.C8H11BO2/c2*1-15-6-4-7-18(16(15)2)17-8-9-20-19(12-17)24(21(28)27(3)22(25)26-24)13-23(30-20)10-5-11-29-14-23;1-20-13(21)16(19-14(20)18)8-15(5-2-6-22-9-15)23-12-4-3-10(17)7-11(12)16;1-6-3-4-8(9(10)11)5-7(6)2/h2*4,6-9,12H,5,10-11,13-14H2,1-3H3,(H2,25,26);3-4,7H,2,5-6,8-9H2,1H3,(H2,18,19);3-5,10-11H,1-2H3/t23-,24+;23-,24-;;/m10../s1. The first kappa shape index (κ1) is 65.9. The molecule has 22 heteroatoms. The number of guanidine groups is 3. The topological polar surface area (TPSA) is 272 Å². The van der Waals surface area contributed by atoms with Gasteiger partial charge in [0.15, 0.2) is 34.5 Å². The summed E-state index contributed by atoms with van der Waals surface area (Å²) < 4.78 is 37.4. The average molecular weight is 1340 g/mol. The summed E-state index contributed by atoms with van der Waals surface area (Å²) in [4.78, 5) is 58.4. The van der Waals surface area contributed by atoms with Crippen LogP contribution in [0.25, 0.3) is 22.3 Å². The van der Waals surface area contributed by atoms with E-state index < -0.39 is 40.5 Å². The Kier molecular flexibility index (Phi) is 17.7. The van der Waals surface area contributed by atoms with Gasteiger partial charge in [-0.1, -0.05) is 82.7 Å². The number of hydrogen-bond acceptors (Lipinski definition) is 17. The highest BCUT2D eigenvalue weighted by Gasteiger charge is 2.61. The minimum Gasteiger partial charge on any atom is -0.484 e. The van der Waals surface area contributed by atoms with Crippen LogP contribution in [0.3, 0.4) is 0 Å². The molecule has 94 heavy (non-hydrogen) atoms. The molecule has 0 bridgehead atoms. The number of likely N-dealkylation sites (N-methyl/N-ethyl adjacent to an activating group) is 3. The molecule has 0 aromatic heterocycles. The van der Waals surface area contributed by atoms with Crippen LogP contribution in [0.5, 0.6) is 17.2 Å². The summed E-state index contributed by atoms with van der Waals surface area (Å²) >= 11 is 3.47. The SMILES string of the molecule is CN1C(=O)C2(CC3(CCCOC3)Oc3ccc(Br)cc32)N=C1N.Cc1ccc(B(O)O)cc1C.Cc1cccc(-c2ccc3c(c2)[C@]2(C[C@@]4(CCCOC4)O3)N=C(N)N(C)C2=O)c1C.Cc1cccc(-c2ccc3c(c2)[C@]2(C[C@]4(CCCOC4)O3)N=C(N)N(C)C2=O)c1C. The smallest absolute Gasteiger partial charge is 0.484 e. The number of carbonyl (C=O) groups is 3. The maximum Gasteiger partial charge on any atom is 0.488 e. The fourth-order valence-electron chi connectivity index (χ4n) is 14.8. The Balaban J connectivity index is 0.000000126. The van der Waals surface area contributed by atoms with E-state index in [9.17, 15) is 14.4 Å². The van der Waals surface area contributed by atoms with E-state index in [-0.39, 0.29) is 35.6 Å². The third kappa shape index (κ3) is 11.7. The Morgan fingerprint density at radius 2 is 0.840 bits per heavy atom. The summed E-state index contributed by atoms with van der Waals surface area (Å²) in [5, 5.41) is 17.6. The van der Waals surface area contributed by atoms with Crippen LogP contribution in [0.2, 0.25) is 0 Å². The maximum atomic E-state index is 13.5. The molecule has 9 aliphatic rings. The van der Waals surface area contributed by atoms with E-state index in [1.807, 2.05) is 50.2 Å². The van der Waals surface area contributed by atoms with Crippen molar-refractivity contribution in [2.45, 2.75) is 133 Å². The predicted molar refractivity (Wildman–Crippen MR) is 365 cm³/mol. The van der Waals surface area contributed by atoms with E-state index in [1.165, 1.54) is 37.0 Å². The number of ether oxygens (including phenoxy) is 6. The van der Waals surface area contributed by atoms with Crippen molar-refractivity contribution in [3.05, 3.63) is 164 Å². The van der Waals surface area contributed by atoms with Gasteiger partial charge in [-0.15, -0.1) is 0 Å². The van der Waals surface area contributed by atoms with Crippen molar-refractivity contribution in [2.75, 3.05) is 60.8 Å². The van der Waals surface area contributed by atoms with Crippen molar-refractivity contribution in [1.29, 1.82) is 0 Å². The lowest BCUT2D eigenvalue weighted by molar-refractivity contribution is -0.139. The van der Waals surface area contributed by atoms with Gasteiger partial charge in [0.1, 0.15) is 34.1 Å². The van der Waals surface area contributed by atoms with Crippen LogP contribution in [0, 0.1) is 41.5 Å². The van der Waals surface area contributed by atoms with Gasteiger partial charge in [0.05, 0.1) is 19.8 Å². The molecule has 15 rings (SSSR count). The highest BCUT2D eigenvalue weighted by molar-refractivity contribution is 9.10. The highest BCUT2D eigenvalue weighted by atomic mass is 79.9. The minimum atomic E-state index is -1.35. The normalized spacial score (nSPS) is 27.0. The molecule has 9 heterocycles. The Bertz CT molecular complexity index is 3930. The van der Waals surface area contributed by atoms with Crippen LogP contribution in [0.15, 0.2) is 129 Å². The van der Waals surface area contributed by atoms with Crippen LogP contribution >= 0.6 is 15.9 Å². The van der Waals surface area contributed by atoms with Crippen molar-refractivity contribution in [3.63, 3.8) is 0 Å². The molecular weight excluding hydrogens is 1260 g/mol. The number of hydrogen-bond donors (Lipinski definition) is 5. The molecule has 6 atom stereocenters. The van der Waals surface area contributed by atoms with Crippen LogP contribution in [-0.4, -0.2) is 145 Å². The zero-order chi connectivity index (χ0) is 66.9. The summed E-state index contributed by atoms with van der Waals surface area (Å²) in [6.07, 6.45) is 6.54. The quantitative estimate of drug-likeness (QED) is 0.104. The fourth-order valence-corrected chi connectivity index (χ4v) is 15.2. The number of nitrogens with two attached hydrogens (primary N) is 3. The van der Waals surface area contributed by atoms with Crippen LogP contribution < -0.4 is 36.9 Å². The largest absolute Gasteiger partial charge is 0.488 e. The Morgan fingerprint density at radius 3 is 1.17 bits per heavy atom. The summed E-state index contributed by atoms with van der Waals surface area (Å²) in [5.74, 6) is 2.50. The van der Waals surface area contributed by atoms with Gasteiger partial charge < -0.3 is 55.7 Å². The monoisotopic (exact) mass is 1340 g/mol. The average Bonchev–Trinajstić information content (AvgIpc) is 1.48. The first-order valence-corrected chi connectivity index (χ1v) is 32.9. The van der Waals surface area contributed by atoms with Gasteiger partial charge in [0, 0.05) is 81.4 Å². The first-order chi connectivity index (χ1) is 44.8. The van der Waals surface area contributed by atoms with Crippen LogP contribution in [0.1, 0.15) is 108 Å². The number of amides is 3. The zero-order valence-electron chi connectivity index (χ0n) is 54.9.